The minimum atomic E-state index is -0.999. The van der Waals surface area contributed by atoms with Crippen molar-refractivity contribution in [1.29, 1.82) is 0 Å². The van der Waals surface area contributed by atoms with Crippen molar-refractivity contribution < 1.29 is 14.6 Å². The van der Waals surface area contributed by atoms with Gasteiger partial charge < -0.3 is 14.8 Å². The molecule has 1 aromatic heterocycles. The molecule has 0 spiro atoms. The lowest BCUT2D eigenvalue weighted by molar-refractivity contribution is 0.0699. The third-order valence-corrected chi connectivity index (χ3v) is 3.66. The predicted molar refractivity (Wildman–Crippen MR) is 82.7 cm³/mol. The van der Waals surface area contributed by atoms with Crippen molar-refractivity contribution in [1.82, 2.24) is 9.97 Å². The van der Waals surface area contributed by atoms with Crippen LogP contribution < -0.4 is 4.74 Å². The molecule has 0 amide bonds. The highest BCUT2D eigenvalue weighted by atomic mass is 79.9. The van der Waals surface area contributed by atoms with Crippen molar-refractivity contribution in [2.24, 2.45) is 0 Å². The Kier molecular flexibility index (Phi) is 3.39. The van der Waals surface area contributed by atoms with Crippen LogP contribution in [0, 0.1) is 0 Å². The molecule has 0 saturated heterocycles. The molecular weight excluding hydrogens is 336 g/mol. The fourth-order valence-corrected chi connectivity index (χ4v) is 2.53. The predicted octanol–water partition coefficient (Wildman–Crippen LogP) is 3.70. The summed E-state index contributed by atoms with van der Waals surface area (Å²) in [6.45, 7) is 0. The Morgan fingerprint density at radius 3 is 2.86 bits per heavy atom. The first-order valence-electron chi connectivity index (χ1n) is 6.16. The summed E-state index contributed by atoms with van der Waals surface area (Å²) in [4.78, 5) is 18.8. The molecule has 0 atom stereocenters. The Labute approximate surface area is 128 Å². The molecule has 21 heavy (non-hydrogen) atoms. The van der Waals surface area contributed by atoms with Gasteiger partial charge >= 0.3 is 5.97 Å². The van der Waals surface area contributed by atoms with Crippen LogP contribution in [0.2, 0.25) is 0 Å². The second-order valence-electron chi connectivity index (χ2n) is 4.44. The number of carbonyl (C=O) groups is 1. The van der Waals surface area contributed by atoms with E-state index in [1.54, 1.807) is 19.2 Å². The van der Waals surface area contributed by atoms with Crippen molar-refractivity contribution in [3.8, 4) is 17.1 Å². The highest BCUT2D eigenvalue weighted by Gasteiger charge is 2.15. The molecule has 6 heteroatoms. The van der Waals surface area contributed by atoms with Gasteiger partial charge in [-0.15, -0.1) is 0 Å². The largest absolute Gasteiger partial charge is 0.496 e. The first-order chi connectivity index (χ1) is 10.1. The van der Waals surface area contributed by atoms with Crippen LogP contribution in [0.4, 0.5) is 0 Å². The van der Waals surface area contributed by atoms with E-state index >= 15 is 0 Å². The average Bonchev–Trinajstić information content (AvgIpc) is 2.90. The number of para-hydroxylation sites is 1. The van der Waals surface area contributed by atoms with Crippen molar-refractivity contribution >= 4 is 32.9 Å². The summed E-state index contributed by atoms with van der Waals surface area (Å²) in [7, 11) is 1.58. The summed E-state index contributed by atoms with van der Waals surface area (Å²) in [5.74, 6) is 0.227. The maximum absolute atomic E-state index is 11.2. The molecule has 1 heterocycles. The van der Waals surface area contributed by atoms with Crippen LogP contribution in [0.1, 0.15) is 10.4 Å². The molecule has 5 nitrogen and oxygen atoms in total. The third kappa shape index (κ3) is 2.38. The number of methoxy groups -OCH3 is 1. The fraction of sp³-hybridized carbons (Fsp3) is 0.0667. The van der Waals surface area contributed by atoms with Gasteiger partial charge in [-0.25, -0.2) is 9.78 Å². The van der Waals surface area contributed by atoms with Crippen LogP contribution in [0.15, 0.2) is 40.9 Å². The van der Waals surface area contributed by atoms with Crippen molar-refractivity contribution in [3.63, 3.8) is 0 Å². The van der Waals surface area contributed by atoms with Gasteiger partial charge in [-0.3, -0.25) is 0 Å². The van der Waals surface area contributed by atoms with E-state index in [9.17, 15) is 9.90 Å². The lowest BCUT2D eigenvalue weighted by atomic mass is 10.2. The molecular formula is C15H11BrN2O3. The van der Waals surface area contributed by atoms with E-state index in [2.05, 4.69) is 25.9 Å². The quantitative estimate of drug-likeness (QED) is 0.758. The zero-order chi connectivity index (χ0) is 15.0. The number of imidazole rings is 1. The average molecular weight is 347 g/mol. The first kappa shape index (κ1) is 13.6. The summed E-state index contributed by atoms with van der Waals surface area (Å²) in [5.41, 5.74) is 2.05. The fourth-order valence-electron chi connectivity index (χ4n) is 2.19. The van der Waals surface area contributed by atoms with Gasteiger partial charge in [-0.05, 0) is 30.3 Å². The van der Waals surface area contributed by atoms with E-state index < -0.39 is 5.97 Å². The topological polar surface area (TPSA) is 75.2 Å². The Bertz CT molecular complexity index is 842. The molecule has 0 aliphatic rings. The maximum Gasteiger partial charge on any atom is 0.337 e. The van der Waals surface area contributed by atoms with E-state index in [0.29, 0.717) is 22.6 Å². The number of carboxylic acids is 1. The highest BCUT2D eigenvalue weighted by Crippen LogP contribution is 2.32. The number of hydrogen-bond acceptors (Lipinski definition) is 3. The van der Waals surface area contributed by atoms with Crippen LogP contribution in [-0.2, 0) is 0 Å². The molecule has 3 rings (SSSR count). The van der Waals surface area contributed by atoms with Gasteiger partial charge in [0.05, 0.1) is 23.8 Å². The van der Waals surface area contributed by atoms with Crippen LogP contribution >= 0.6 is 15.9 Å². The lowest BCUT2D eigenvalue weighted by Crippen LogP contribution is -1.96. The smallest absolute Gasteiger partial charge is 0.337 e. The molecule has 0 unspecified atom stereocenters. The summed E-state index contributed by atoms with van der Waals surface area (Å²) in [6.07, 6.45) is 0. The maximum atomic E-state index is 11.2. The van der Waals surface area contributed by atoms with Crippen LogP contribution in [-0.4, -0.2) is 28.2 Å². The molecule has 0 aliphatic heterocycles. The standard InChI is InChI=1S/C15H11BrN2O3/c1-21-12-7-8(16)5-6-9(12)14-17-11-4-2-3-10(15(19)20)13(11)18-14/h2-7H,1H3,(H,17,18)(H,19,20). The van der Waals surface area contributed by atoms with Gasteiger partial charge in [-0.2, -0.15) is 0 Å². The summed E-state index contributed by atoms with van der Waals surface area (Å²) in [6, 6.07) is 10.6. The molecule has 106 valence electrons. The zero-order valence-corrected chi connectivity index (χ0v) is 12.6. The number of H-pyrrole nitrogens is 1. The number of hydrogen-bond donors (Lipinski definition) is 2. The lowest BCUT2D eigenvalue weighted by Gasteiger charge is -2.06. The summed E-state index contributed by atoms with van der Waals surface area (Å²) < 4.78 is 6.24. The highest BCUT2D eigenvalue weighted by molar-refractivity contribution is 9.10. The SMILES string of the molecule is COc1cc(Br)ccc1-c1nc2c(C(=O)O)cccc2[nH]1. The van der Waals surface area contributed by atoms with E-state index in [4.69, 9.17) is 4.74 Å². The molecule has 3 aromatic rings. The number of aromatic nitrogens is 2. The van der Waals surface area contributed by atoms with Gasteiger partial charge in [0.2, 0.25) is 0 Å². The number of benzene rings is 2. The number of nitrogens with one attached hydrogen (secondary N) is 1. The molecule has 0 saturated carbocycles. The number of carboxylic acid groups (broad SMARTS) is 1. The van der Waals surface area contributed by atoms with Gasteiger partial charge in [0.25, 0.3) is 0 Å². The number of nitrogens with zero attached hydrogens (tertiary/aromatic N) is 1. The molecule has 0 radical (unpaired) electrons. The van der Waals surface area contributed by atoms with Crippen molar-refractivity contribution in [3.05, 3.63) is 46.4 Å². The van der Waals surface area contributed by atoms with Crippen LogP contribution in [0.25, 0.3) is 22.4 Å². The van der Waals surface area contributed by atoms with Crippen LogP contribution in [0.5, 0.6) is 5.75 Å². The Morgan fingerprint density at radius 2 is 2.14 bits per heavy atom. The molecule has 0 fully saturated rings. The second kappa shape index (κ2) is 5.21. The number of aromatic amines is 1. The zero-order valence-electron chi connectivity index (χ0n) is 11.1. The number of fused-ring (bicyclic) bond motifs is 1. The van der Waals surface area contributed by atoms with Gasteiger partial charge in [0, 0.05) is 4.47 Å². The van der Waals surface area contributed by atoms with Gasteiger partial charge in [0.15, 0.2) is 0 Å². The molecule has 2 aromatic carbocycles. The monoisotopic (exact) mass is 346 g/mol. The van der Waals surface area contributed by atoms with E-state index in [1.807, 2.05) is 18.2 Å². The summed E-state index contributed by atoms with van der Waals surface area (Å²) in [5, 5.41) is 9.22. The van der Waals surface area contributed by atoms with Crippen molar-refractivity contribution in [2.45, 2.75) is 0 Å². The Hall–Kier alpha value is -2.34. The number of rotatable bonds is 3. The number of ether oxygens (including phenoxy) is 1. The second-order valence-corrected chi connectivity index (χ2v) is 5.35. The summed E-state index contributed by atoms with van der Waals surface area (Å²) >= 11 is 3.39. The minimum absolute atomic E-state index is 0.172. The Morgan fingerprint density at radius 1 is 1.33 bits per heavy atom. The van der Waals surface area contributed by atoms with Gasteiger partial charge in [-0.1, -0.05) is 22.0 Å². The normalized spacial score (nSPS) is 10.8. The molecule has 0 bridgehead atoms. The number of halogens is 1. The molecule has 0 aliphatic carbocycles. The van der Waals surface area contributed by atoms with E-state index in [0.717, 1.165) is 10.0 Å². The van der Waals surface area contributed by atoms with Crippen LogP contribution in [0.3, 0.4) is 0 Å². The van der Waals surface area contributed by atoms with Crippen molar-refractivity contribution in [2.75, 3.05) is 7.11 Å². The van der Waals surface area contributed by atoms with Gasteiger partial charge in [0.1, 0.15) is 17.1 Å². The first-order valence-corrected chi connectivity index (χ1v) is 6.95. The van der Waals surface area contributed by atoms with E-state index in [-0.39, 0.29) is 5.56 Å². The third-order valence-electron chi connectivity index (χ3n) is 3.16. The Balaban J connectivity index is 2.22. The van der Waals surface area contributed by atoms with E-state index in [1.165, 1.54) is 6.07 Å². The number of aromatic carboxylic acids is 1. The molecule has 2 N–H and O–H groups in total. The minimum Gasteiger partial charge on any atom is -0.496 e.